The average molecular weight is 431 g/mol. The number of nitrogens with zero attached hydrogens (tertiary/aromatic N) is 1. The van der Waals surface area contributed by atoms with Crippen molar-refractivity contribution in [1.82, 2.24) is 9.97 Å². The van der Waals surface area contributed by atoms with Gasteiger partial charge in [-0.1, -0.05) is 37.3 Å². The molecule has 5 N–H and O–H groups in total. The van der Waals surface area contributed by atoms with E-state index in [4.69, 9.17) is 10.2 Å². The van der Waals surface area contributed by atoms with Gasteiger partial charge in [0.15, 0.2) is 22.3 Å². The Kier molecular flexibility index (Phi) is 6.86. The molecule has 1 atom stereocenters. The quantitative estimate of drug-likeness (QED) is 0.366. The van der Waals surface area contributed by atoms with E-state index in [2.05, 4.69) is 15.3 Å². The first-order valence-electron chi connectivity index (χ1n) is 9.54. The van der Waals surface area contributed by atoms with Crippen molar-refractivity contribution < 1.29 is 13.9 Å². The Morgan fingerprint density at radius 2 is 2.10 bits per heavy atom. The molecule has 0 aliphatic carbocycles. The van der Waals surface area contributed by atoms with Crippen LogP contribution in [0.2, 0.25) is 0 Å². The molecule has 1 unspecified atom stereocenters. The van der Waals surface area contributed by atoms with Crippen LogP contribution in [0.1, 0.15) is 19.4 Å². The molecule has 2 aromatic heterocycles. The minimum Gasteiger partial charge on any atom is -0.505 e. The minimum absolute atomic E-state index is 0.248. The molecule has 4 aromatic rings. The number of nitrogens with two attached hydrogens (primary N) is 1. The number of rotatable bonds is 6. The molecule has 7 nitrogen and oxygen atoms in total. The van der Waals surface area contributed by atoms with Crippen molar-refractivity contribution in [2.24, 2.45) is 5.73 Å². The third kappa shape index (κ3) is 5.05. The van der Waals surface area contributed by atoms with E-state index in [0.717, 1.165) is 10.4 Å². The average Bonchev–Trinajstić information content (AvgIpc) is 3.35. The number of hydrogen-bond acceptors (Lipinski definition) is 7. The summed E-state index contributed by atoms with van der Waals surface area (Å²) in [5.74, 6) is -1.51. The maximum Gasteiger partial charge on any atom is 0.417 e. The van der Waals surface area contributed by atoms with Gasteiger partial charge in [0, 0.05) is 18.8 Å². The number of fused-ring (bicyclic) bond motifs is 1. The molecule has 0 bridgehead atoms. The van der Waals surface area contributed by atoms with Gasteiger partial charge in [-0.2, -0.15) is 0 Å². The predicted octanol–water partition coefficient (Wildman–Crippen LogP) is 4.10. The monoisotopic (exact) mass is 430 g/mol. The molecule has 0 aliphatic heterocycles. The number of oxazole rings is 1. The highest BCUT2D eigenvalue weighted by atomic mass is 32.1. The van der Waals surface area contributed by atoms with E-state index in [1.807, 2.05) is 19.9 Å². The normalized spacial score (nSPS) is 11.7. The maximum absolute atomic E-state index is 13.4. The number of hydrogen-bond donors (Lipinski definition) is 4. The van der Waals surface area contributed by atoms with Gasteiger partial charge >= 0.3 is 5.76 Å². The largest absolute Gasteiger partial charge is 0.505 e. The lowest BCUT2D eigenvalue weighted by molar-refractivity contribution is 0.431. The van der Waals surface area contributed by atoms with Gasteiger partial charge in [0.25, 0.3) is 0 Å². The van der Waals surface area contributed by atoms with Crippen LogP contribution in [0, 0.1) is 5.82 Å². The van der Waals surface area contributed by atoms with E-state index in [1.54, 1.807) is 24.4 Å². The summed E-state index contributed by atoms with van der Waals surface area (Å²) in [5.41, 5.74) is 8.86. The van der Waals surface area contributed by atoms with Crippen molar-refractivity contribution in [3.05, 3.63) is 64.5 Å². The summed E-state index contributed by atoms with van der Waals surface area (Å²) in [6.45, 7) is 4.46. The summed E-state index contributed by atoms with van der Waals surface area (Å²) in [7, 11) is 0. The summed E-state index contributed by atoms with van der Waals surface area (Å²) in [6, 6.07) is 9.46. The van der Waals surface area contributed by atoms with E-state index in [9.17, 15) is 14.3 Å². The number of phenolic OH excluding ortho intramolecular Hbond substituents is 1. The fourth-order valence-corrected chi connectivity index (χ4v) is 3.68. The van der Waals surface area contributed by atoms with Gasteiger partial charge in [-0.15, -0.1) is 0 Å². The van der Waals surface area contributed by atoms with Crippen LogP contribution in [-0.2, 0) is 6.42 Å². The van der Waals surface area contributed by atoms with Gasteiger partial charge in [-0.25, -0.2) is 14.2 Å². The van der Waals surface area contributed by atoms with Crippen LogP contribution in [-0.4, -0.2) is 27.7 Å². The van der Waals surface area contributed by atoms with Gasteiger partial charge in [-0.3, -0.25) is 4.98 Å². The molecule has 158 valence electrons. The first-order chi connectivity index (χ1) is 14.5. The number of nitrogens with one attached hydrogen (secondary N) is 2. The summed E-state index contributed by atoms with van der Waals surface area (Å²) in [5, 5.41) is 13.1. The zero-order chi connectivity index (χ0) is 21.7. The lowest BCUT2D eigenvalue weighted by atomic mass is 10.1. The molecule has 0 aliphatic rings. The highest BCUT2D eigenvalue weighted by Crippen LogP contribution is 2.30. The molecular formula is C21H23FN4O3S. The summed E-state index contributed by atoms with van der Waals surface area (Å²) < 4.78 is 18.5. The predicted molar refractivity (Wildman–Crippen MR) is 118 cm³/mol. The van der Waals surface area contributed by atoms with E-state index >= 15 is 0 Å². The minimum atomic E-state index is -0.655. The van der Waals surface area contributed by atoms with Crippen LogP contribution in [0.3, 0.4) is 0 Å². The molecule has 0 radical (unpaired) electrons. The molecule has 2 aromatic carbocycles. The second kappa shape index (κ2) is 9.55. The van der Waals surface area contributed by atoms with Gasteiger partial charge in [0.2, 0.25) is 0 Å². The van der Waals surface area contributed by atoms with Crippen molar-refractivity contribution in [1.29, 1.82) is 0 Å². The van der Waals surface area contributed by atoms with E-state index in [-0.39, 0.29) is 11.8 Å². The van der Waals surface area contributed by atoms with Gasteiger partial charge in [0.05, 0.1) is 10.4 Å². The number of anilines is 1. The number of aromatic nitrogens is 2. The molecule has 9 heteroatoms. The second-order valence-corrected chi connectivity index (χ2v) is 7.42. The lowest BCUT2D eigenvalue weighted by Gasteiger charge is -2.12. The zero-order valence-corrected chi connectivity index (χ0v) is 17.4. The van der Waals surface area contributed by atoms with E-state index < -0.39 is 11.6 Å². The summed E-state index contributed by atoms with van der Waals surface area (Å²) in [6.07, 6.45) is 2.20. The molecule has 0 amide bonds. The van der Waals surface area contributed by atoms with Crippen LogP contribution in [0.5, 0.6) is 5.75 Å². The lowest BCUT2D eigenvalue weighted by Crippen LogP contribution is -2.31. The first kappa shape index (κ1) is 21.5. The van der Waals surface area contributed by atoms with Crippen molar-refractivity contribution >= 4 is 27.6 Å². The molecule has 30 heavy (non-hydrogen) atoms. The maximum atomic E-state index is 13.4. The summed E-state index contributed by atoms with van der Waals surface area (Å²) in [4.78, 5) is 19.1. The van der Waals surface area contributed by atoms with Gasteiger partial charge in [-0.05, 0) is 41.8 Å². The smallest absolute Gasteiger partial charge is 0.417 e. The zero-order valence-electron chi connectivity index (χ0n) is 16.6. The van der Waals surface area contributed by atoms with Crippen LogP contribution < -0.4 is 16.8 Å². The number of H-pyrrole nitrogens is 1. The third-order valence-electron chi connectivity index (χ3n) is 4.24. The van der Waals surface area contributed by atoms with Crippen molar-refractivity contribution in [3.63, 3.8) is 0 Å². The topological polar surface area (TPSA) is 117 Å². The molecule has 0 saturated carbocycles. The van der Waals surface area contributed by atoms with Crippen LogP contribution in [0.25, 0.3) is 21.5 Å². The number of aromatic hydroxyl groups is 1. The Morgan fingerprint density at radius 3 is 2.87 bits per heavy atom. The van der Waals surface area contributed by atoms with E-state index in [1.165, 1.54) is 23.5 Å². The Labute approximate surface area is 176 Å². The fraction of sp³-hybridized carbons (Fsp3) is 0.238. The second-order valence-electron chi connectivity index (χ2n) is 6.39. The number of aromatic amines is 1. The van der Waals surface area contributed by atoms with Crippen LogP contribution >= 0.6 is 11.3 Å². The molecule has 0 fully saturated rings. The third-order valence-corrected chi connectivity index (χ3v) is 5.24. The number of phenols is 1. The first-order valence-corrected chi connectivity index (χ1v) is 10.4. The standard InChI is InChI=1S/C19H17FN4O3S.C2H6/c20-13-6-10(1-4-15(13)25)5-12(21)8-22-18-23-9-17(28-18)11-2-3-14-16(7-11)27-19(26)24-14;1-2/h1-4,6-7,9,12,25H,5,8,21H2,(H,22,23)(H,24,26);1-2H3. The van der Waals surface area contributed by atoms with Crippen LogP contribution in [0.4, 0.5) is 9.52 Å². The Hall–Kier alpha value is -3.17. The van der Waals surface area contributed by atoms with Crippen molar-refractivity contribution in [2.75, 3.05) is 11.9 Å². The summed E-state index contributed by atoms with van der Waals surface area (Å²) >= 11 is 1.45. The van der Waals surface area contributed by atoms with Crippen molar-refractivity contribution in [3.8, 4) is 16.2 Å². The number of thiazole rings is 1. The van der Waals surface area contributed by atoms with Crippen molar-refractivity contribution in [2.45, 2.75) is 26.3 Å². The molecule has 0 saturated heterocycles. The Balaban J connectivity index is 0.00000124. The Bertz CT molecular complexity index is 1180. The molecule has 4 rings (SSSR count). The highest BCUT2D eigenvalue weighted by molar-refractivity contribution is 7.18. The number of halogens is 1. The van der Waals surface area contributed by atoms with Gasteiger partial charge < -0.3 is 20.6 Å². The fourth-order valence-electron chi connectivity index (χ4n) is 2.86. The highest BCUT2D eigenvalue weighted by Gasteiger charge is 2.10. The Morgan fingerprint density at radius 1 is 1.30 bits per heavy atom. The molecule has 0 spiro atoms. The number of benzene rings is 2. The van der Waals surface area contributed by atoms with Crippen LogP contribution in [0.15, 0.2) is 51.8 Å². The SMILES string of the molecule is CC.NC(CNc1ncc(-c2ccc3[nH]c(=O)oc3c2)s1)Cc1ccc(O)c(F)c1. The van der Waals surface area contributed by atoms with Gasteiger partial charge in [0.1, 0.15) is 0 Å². The van der Waals surface area contributed by atoms with E-state index in [0.29, 0.717) is 34.8 Å². The molecular weight excluding hydrogens is 407 g/mol. The molecule has 2 heterocycles.